The molecule has 0 radical (unpaired) electrons. The van der Waals surface area contributed by atoms with Crippen LogP contribution in [0.4, 0.5) is 0 Å². The van der Waals surface area contributed by atoms with Crippen molar-refractivity contribution in [2.45, 2.75) is 66.4 Å². The van der Waals surface area contributed by atoms with Crippen LogP contribution in [-0.4, -0.2) is 36.7 Å². The van der Waals surface area contributed by atoms with E-state index < -0.39 is 35.3 Å². The molecule has 0 spiro atoms. The Morgan fingerprint density at radius 3 is 2.11 bits per heavy atom. The summed E-state index contributed by atoms with van der Waals surface area (Å²) in [6.45, 7) is 10.7. The van der Waals surface area contributed by atoms with Gasteiger partial charge < -0.3 is 14.2 Å². The summed E-state index contributed by atoms with van der Waals surface area (Å²) in [5.41, 5.74) is -0.274. The van der Waals surface area contributed by atoms with E-state index >= 15 is 0 Å². The quantitative estimate of drug-likeness (QED) is 0.362. The average Bonchev–Trinajstić information content (AvgIpc) is 2.59. The molecule has 28 heavy (non-hydrogen) atoms. The van der Waals surface area contributed by atoms with Crippen LogP contribution in [0.3, 0.4) is 0 Å². The van der Waals surface area contributed by atoms with Gasteiger partial charge in [-0.05, 0) is 52.2 Å². The zero-order valence-corrected chi connectivity index (χ0v) is 17.8. The fourth-order valence-corrected chi connectivity index (χ4v) is 2.82. The molecule has 0 aliphatic carbocycles. The van der Waals surface area contributed by atoms with Crippen molar-refractivity contribution >= 4 is 17.9 Å². The number of ether oxygens (including phenoxy) is 3. The van der Waals surface area contributed by atoms with Crippen molar-refractivity contribution in [1.29, 1.82) is 0 Å². The Balaban J connectivity index is 2.93. The fourth-order valence-electron chi connectivity index (χ4n) is 2.82. The van der Waals surface area contributed by atoms with Crippen molar-refractivity contribution in [3.8, 4) is 0 Å². The number of aryl methyl sites for hydroxylation is 1. The van der Waals surface area contributed by atoms with Gasteiger partial charge in [-0.3, -0.25) is 14.4 Å². The van der Waals surface area contributed by atoms with Gasteiger partial charge in [0.25, 0.3) is 0 Å². The smallest absolute Gasteiger partial charge is 0.324 e. The second-order valence-electron chi connectivity index (χ2n) is 7.73. The first-order valence-electron chi connectivity index (χ1n) is 9.66. The van der Waals surface area contributed by atoms with E-state index in [9.17, 15) is 14.4 Å². The highest BCUT2D eigenvalue weighted by atomic mass is 16.6. The van der Waals surface area contributed by atoms with E-state index in [0.29, 0.717) is 6.42 Å². The van der Waals surface area contributed by atoms with Crippen molar-refractivity contribution < 1.29 is 28.6 Å². The third kappa shape index (κ3) is 6.66. The minimum Gasteiger partial charge on any atom is -0.465 e. The van der Waals surface area contributed by atoms with Crippen LogP contribution >= 0.6 is 0 Å². The molecule has 0 aliphatic rings. The predicted molar refractivity (Wildman–Crippen MR) is 106 cm³/mol. The van der Waals surface area contributed by atoms with Crippen molar-refractivity contribution in [3.05, 3.63) is 35.4 Å². The van der Waals surface area contributed by atoms with Crippen LogP contribution in [0, 0.1) is 12.3 Å². The molecule has 1 aromatic carbocycles. The first-order valence-corrected chi connectivity index (χ1v) is 9.66. The van der Waals surface area contributed by atoms with E-state index in [1.165, 1.54) is 0 Å². The average molecular weight is 392 g/mol. The molecular weight excluding hydrogens is 360 g/mol. The third-order valence-corrected chi connectivity index (χ3v) is 4.39. The molecule has 156 valence electrons. The number of benzene rings is 1. The monoisotopic (exact) mass is 392 g/mol. The Kier molecular flexibility index (Phi) is 8.66. The Bertz CT molecular complexity index is 689. The largest absolute Gasteiger partial charge is 0.465 e. The van der Waals surface area contributed by atoms with Crippen LogP contribution in [0.25, 0.3) is 0 Å². The summed E-state index contributed by atoms with van der Waals surface area (Å²) in [5.74, 6) is -2.16. The molecule has 0 N–H and O–H groups in total. The maximum absolute atomic E-state index is 12.9. The van der Waals surface area contributed by atoms with E-state index in [-0.39, 0.29) is 19.6 Å². The summed E-state index contributed by atoms with van der Waals surface area (Å²) < 4.78 is 15.8. The second kappa shape index (κ2) is 10.2. The highest BCUT2D eigenvalue weighted by molar-refractivity contribution is 6.03. The number of esters is 3. The number of rotatable bonds is 9. The van der Waals surface area contributed by atoms with E-state index in [0.717, 1.165) is 11.1 Å². The molecule has 1 atom stereocenters. The van der Waals surface area contributed by atoms with Crippen molar-refractivity contribution in [2.24, 2.45) is 5.41 Å². The van der Waals surface area contributed by atoms with Gasteiger partial charge in [-0.25, -0.2) is 0 Å². The first-order chi connectivity index (χ1) is 13.1. The van der Waals surface area contributed by atoms with Gasteiger partial charge >= 0.3 is 17.9 Å². The lowest BCUT2D eigenvalue weighted by Gasteiger charge is -2.29. The van der Waals surface area contributed by atoms with Crippen LogP contribution in [0.15, 0.2) is 24.3 Å². The molecular formula is C22H32O6. The molecule has 0 fully saturated rings. The van der Waals surface area contributed by atoms with Gasteiger partial charge in [0.1, 0.15) is 5.60 Å². The lowest BCUT2D eigenvalue weighted by Crippen LogP contribution is -2.44. The zero-order chi connectivity index (χ0) is 21.4. The SMILES string of the molecule is CCOC(=O)C(CC)(CC(=O)OC(C)(C)C)C(=O)OCCc1ccccc1C. The van der Waals surface area contributed by atoms with Gasteiger partial charge in [0.15, 0.2) is 5.41 Å². The molecule has 1 unspecified atom stereocenters. The van der Waals surface area contributed by atoms with Gasteiger partial charge in [0, 0.05) is 6.42 Å². The molecule has 6 heteroatoms. The molecule has 1 rings (SSSR count). The van der Waals surface area contributed by atoms with Crippen molar-refractivity contribution in [3.63, 3.8) is 0 Å². The van der Waals surface area contributed by atoms with Gasteiger partial charge in [0.05, 0.1) is 19.6 Å². The Morgan fingerprint density at radius 1 is 0.964 bits per heavy atom. The van der Waals surface area contributed by atoms with Crippen LogP contribution in [-0.2, 0) is 35.0 Å². The van der Waals surface area contributed by atoms with Gasteiger partial charge in [-0.2, -0.15) is 0 Å². The molecule has 0 aromatic heterocycles. The standard InChI is InChI=1S/C22H32O6/c1-7-22(19(24)26-8-2,15-18(23)28-21(4,5)6)20(25)27-14-13-17-12-10-9-11-16(17)3/h9-12H,7-8,13-15H2,1-6H3. The van der Waals surface area contributed by atoms with Crippen LogP contribution in [0.1, 0.15) is 58.6 Å². The molecule has 1 aromatic rings. The molecule has 0 bridgehead atoms. The Morgan fingerprint density at radius 2 is 1.57 bits per heavy atom. The molecule has 0 heterocycles. The van der Waals surface area contributed by atoms with Crippen molar-refractivity contribution in [2.75, 3.05) is 13.2 Å². The molecule has 0 saturated heterocycles. The van der Waals surface area contributed by atoms with Crippen LogP contribution in [0.5, 0.6) is 0 Å². The minimum absolute atomic E-state index is 0.0777. The molecule has 0 saturated carbocycles. The fraction of sp³-hybridized carbons (Fsp3) is 0.591. The normalized spacial score (nSPS) is 13.4. The van der Waals surface area contributed by atoms with E-state index in [1.54, 1.807) is 34.6 Å². The number of hydrogen-bond donors (Lipinski definition) is 0. The van der Waals surface area contributed by atoms with Crippen molar-refractivity contribution in [1.82, 2.24) is 0 Å². The van der Waals surface area contributed by atoms with Crippen LogP contribution < -0.4 is 0 Å². The second-order valence-corrected chi connectivity index (χ2v) is 7.73. The summed E-state index contributed by atoms with van der Waals surface area (Å²) in [6.07, 6.45) is 0.185. The number of carbonyl (C=O) groups is 3. The lowest BCUT2D eigenvalue weighted by molar-refractivity contribution is -0.180. The van der Waals surface area contributed by atoms with Gasteiger partial charge in [0.2, 0.25) is 0 Å². The summed E-state index contributed by atoms with van der Waals surface area (Å²) in [7, 11) is 0. The highest BCUT2D eigenvalue weighted by Gasteiger charge is 2.50. The van der Waals surface area contributed by atoms with E-state index in [2.05, 4.69) is 0 Å². The first kappa shape index (κ1) is 23.7. The maximum atomic E-state index is 12.9. The van der Waals surface area contributed by atoms with Crippen LogP contribution in [0.2, 0.25) is 0 Å². The minimum atomic E-state index is -1.70. The molecule has 0 aliphatic heterocycles. The predicted octanol–water partition coefficient (Wildman–Crippen LogP) is 3.77. The van der Waals surface area contributed by atoms with Gasteiger partial charge in [-0.1, -0.05) is 31.2 Å². The lowest BCUT2D eigenvalue weighted by atomic mass is 9.81. The summed E-state index contributed by atoms with van der Waals surface area (Å²) >= 11 is 0. The summed E-state index contributed by atoms with van der Waals surface area (Å²) in [5, 5.41) is 0. The Hall–Kier alpha value is -2.37. The highest BCUT2D eigenvalue weighted by Crippen LogP contribution is 2.32. The molecule has 0 amide bonds. The molecule has 6 nitrogen and oxygen atoms in total. The third-order valence-electron chi connectivity index (χ3n) is 4.39. The topological polar surface area (TPSA) is 78.9 Å². The summed E-state index contributed by atoms with van der Waals surface area (Å²) in [6, 6.07) is 7.80. The number of hydrogen-bond acceptors (Lipinski definition) is 6. The Labute approximate surface area is 167 Å². The van der Waals surface area contributed by atoms with Gasteiger partial charge in [-0.15, -0.1) is 0 Å². The zero-order valence-electron chi connectivity index (χ0n) is 17.8. The maximum Gasteiger partial charge on any atom is 0.324 e. The van der Waals surface area contributed by atoms with E-state index in [1.807, 2.05) is 31.2 Å². The van der Waals surface area contributed by atoms with E-state index in [4.69, 9.17) is 14.2 Å². The summed E-state index contributed by atoms with van der Waals surface area (Å²) in [4.78, 5) is 37.8. The number of carbonyl (C=O) groups excluding carboxylic acids is 3.